The van der Waals surface area contributed by atoms with Crippen molar-refractivity contribution in [3.05, 3.63) is 86.7 Å². The Morgan fingerprint density at radius 1 is 1.32 bits per heavy atom. The van der Waals surface area contributed by atoms with Gasteiger partial charge in [-0.3, -0.25) is 9.59 Å². The molecule has 1 N–H and O–H groups in total. The number of ether oxygens (including phenoxy) is 1. The van der Waals surface area contributed by atoms with E-state index in [-0.39, 0.29) is 24.3 Å². The summed E-state index contributed by atoms with van der Waals surface area (Å²) in [6.07, 6.45) is 4.76. The third kappa shape index (κ3) is 5.57. The first kappa shape index (κ1) is 22.9. The molecule has 0 saturated heterocycles. The maximum absolute atomic E-state index is 12.3. The average Bonchev–Trinajstić information content (AvgIpc) is 3.51. The molecule has 0 radical (unpaired) electrons. The Morgan fingerprint density at radius 3 is 2.85 bits per heavy atom. The van der Waals surface area contributed by atoms with E-state index in [1.807, 2.05) is 6.07 Å². The van der Waals surface area contributed by atoms with Crippen LogP contribution in [0.15, 0.2) is 63.5 Å². The number of nitrogens with one attached hydrogen (secondary N) is 1. The summed E-state index contributed by atoms with van der Waals surface area (Å²) >= 11 is 1.40. The van der Waals surface area contributed by atoms with Gasteiger partial charge in [-0.25, -0.2) is 4.98 Å². The summed E-state index contributed by atoms with van der Waals surface area (Å²) in [4.78, 5) is 29.6. The van der Waals surface area contributed by atoms with Gasteiger partial charge in [0, 0.05) is 12.5 Å². The maximum atomic E-state index is 12.3. The van der Waals surface area contributed by atoms with Gasteiger partial charge in [0.05, 0.1) is 18.5 Å². The molecule has 0 aliphatic rings. The monoisotopic (exact) mass is 475 g/mol. The Bertz CT molecular complexity index is 1410. The molecule has 0 aliphatic heterocycles. The second-order valence-corrected chi connectivity index (χ2v) is 8.36. The van der Waals surface area contributed by atoms with Crippen LogP contribution in [-0.4, -0.2) is 20.5 Å². The number of aromatic nitrogens is 3. The van der Waals surface area contributed by atoms with Gasteiger partial charge >= 0.3 is 0 Å². The topological polar surface area (TPSA) is 123 Å². The second kappa shape index (κ2) is 10.6. The molecule has 4 aromatic rings. The number of nitriles is 1. The van der Waals surface area contributed by atoms with Crippen molar-refractivity contribution >= 4 is 28.3 Å². The van der Waals surface area contributed by atoms with Crippen LogP contribution in [-0.2, 0) is 24.4 Å². The van der Waals surface area contributed by atoms with Gasteiger partial charge in [-0.05, 0) is 42.3 Å². The number of furan rings is 1. The van der Waals surface area contributed by atoms with E-state index < -0.39 is 5.91 Å². The van der Waals surface area contributed by atoms with Crippen molar-refractivity contribution < 1.29 is 13.9 Å². The lowest BCUT2D eigenvalue weighted by Gasteiger charge is -2.06. The highest BCUT2D eigenvalue weighted by molar-refractivity contribution is 7.16. The Morgan fingerprint density at radius 2 is 2.15 bits per heavy atom. The summed E-state index contributed by atoms with van der Waals surface area (Å²) in [5.41, 5.74) is 0.922. The van der Waals surface area contributed by atoms with Gasteiger partial charge in [-0.1, -0.05) is 30.4 Å². The lowest BCUT2D eigenvalue weighted by Crippen LogP contribution is -2.23. The quantitative estimate of drug-likeness (QED) is 0.290. The van der Waals surface area contributed by atoms with E-state index in [9.17, 15) is 14.9 Å². The summed E-state index contributed by atoms with van der Waals surface area (Å²) in [5, 5.41) is 17.2. The molecule has 3 aromatic heterocycles. The van der Waals surface area contributed by atoms with Crippen molar-refractivity contribution in [1.29, 1.82) is 5.26 Å². The molecule has 0 unspecified atom stereocenters. The lowest BCUT2D eigenvalue weighted by atomic mass is 10.1. The average molecular weight is 476 g/mol. The standard InChI is InChI=1S/C24H21N5O4S/c1-2-4-21-28-29-22(30)12-18(27-24(29)34-21)15-33-19-8-6-16(7-9-19)11-17(13-25)23(31)26-14-20-5-3-10-32-20/h3,5-12H,2,4,14-15H2,1H3,(H,26,31)/b17-11+. The Balaban J connectivity index is 1.39. The normalized spacial score (nSPS) is 11.4. The fourth-order valence-corrected chi connectivity index (χ4v) is 4.11. The molecule has 9 nitrogen and oxygen atoms in total. The van der Waals surface area contributed by atoms with Crippen LogP contribution < -0.4 is 15.6 Å². The number of nitrogens with zero attached hydrogens (tertiary/aromatic N) is 4. The van der Waals surface area contributed by atoms with E-state index in [0.29, 0.717) is 27.7 Å². The minimum atomic E-state index is -0.489. The Hall–Kier alpha value is -4.23. The van der Waals surface area contributed by atoms with Gasteiger partial charge in [0.15, 0.2) is 0 Å². The highest BCUT2D eigenvalue weighted by Gasteiger charge is 2.11. The first-order valence-electron chi connectivity index (χ1n) is 10.6. The van der Waals surface area contributed by atoms with Gasteiger partial charge in [0.1, 0.15) is 34.8 Å². The number of benzene rings is 1. The fourth-order valence-electron chi connectivity index (χ4n) is 3.09. The molecule has 0 atom stereocenters. The molecular formula is C24H21N5O4S. The van der Waals surface area contributed by atoms with Crippen LogP contribution in [0.1, 0.15) is 35.4 Å². The first-order chi connectivity index (χ1) is 16.6. The molecule has 4 rings (SSSR count). The van der Waals surface area contributed by atoms with Crippen molar-refractivity contribution in [3.8, 4) is 11.8 Å². The molecule has 0 saturated carbocycles. The summed E-state index contributed by atoms with van der Waals surface area (Å²) in [6, 6.07) is 13.7. The molecule has 0 spiro atoms. The summed E-state index contributed by atoms with van der Waals surface area (Å²) in [6.45, 7) is 2.38. The van der Waals surface area contributed by atoms with Crippen LogP contribution in [0, 0.1) is 11.3 Å². The smallest absolute Gasteiger partial charge is 0.275 e. The van der Waals surface area contributed by atoms with Gasteiger partial charge in [0.2, 0.25) is 4.96 Å². The predicted molar refractivity (Wildman–Crippen MR) is 126 cm³/mol. The van der Waals surface area contributed by atoms with Gasteiger partial charge in [0.25, 0.3) is 11.5 Å². The van der Waals surface area contributed by atoms with Crippen LogP contribution in [0.5, 0.6) is 5.75 Å². The van der Waals surface area contributed by atoms with Crippen LogP contribution in [0.4, 0.5) is 0 Å². The third-order valence-electron chi connectivity index (χ3n) is 4.75. The molecule has 34 heavy (non-hydrogen) atoms. The minimum Gasteiger partial charge on any atom is -0.487 e. The SMILES string of the molecule is CCCc1nn2c(=O)cc(COc3ccc(/C=C(\C#N)C(=O)NCc4ccco4)cc3)nc2s1. The molecule has 3 heterocycles. The zero-order valence-electron chi connectivity index (χ0n) is 18.4. The molecule has 1 aromatic carbocycles. The second-order valence-electron chi connectivity index (χ2n) is 7.32. The number of carbonyl (C=O) groups excluding carboxylic acids is 1. The van der Waals surface area contributed by atoms with Gasteiger partial charge < -0.3 is 14.5 Å². The van der Waals surface area contributed by atoms with E-state index in [2.05, 4.69) is 22.3 Å². The molecule has 10 heteroatoms. The molecule has 0 aliphatic carbocycles. The number of rotatable bonds is 9. The fraction of sp³-hybridized carbons (Fsp3) is 0.208. The minimum absolute atomic E-state index is 0.0230. The van der Waals surface area contributed by atoms with Crippen molar-refractivity contribution in [3.63, 3.8) is 0 Å². The number of fused-ring (bicyclic) bond motifs is 1. The number of aryl methyl sites for hydroxylation is 1. The van der Waals surface area contributed by atoms with E-state index in [4.69, 9.17) is 9.15 Å². The predicted octanol–water partition coefficient (Wildman–Crippen LogP) is 3.50. The van der Waals surface area contributed by atoms with Crippen molar-refractivity contribution in [2.75, 3.05) is 0 Å². The maximum Gasteiger partial charge on any atom is 0.275 e. The van der Waals surface area contributed by atoms with E-state index >= 15 is 0 Å². The molecule has 1 amide bonds. The van der Waals surface area contributed by atoms with E-state index in [0.717, 1.165) is 17.8 Å². The summed E-state index contributed by atoms with van der Waals surface area (Å²) in [5.74, 6) is 0.674. The molecule has 172 valence electrons. The number of carbonyl (C=O) groups is 1. The van der Waals surface area contributed by atoms with Gasteiger partial charge in [-0.2, -0.15) is 14.9 Å². The largest absolute Gasteiger partial charge is 0.487 e. The van der Waals surface area contributed by atoms with E-state index in [1.165, 1.54) is 34.3 Å². The van der Waals surface area contributed by atoms with Crippen LogP contribution in [0.3, 0.4) is 0 Å². The lowest BCUT2D eigenvalue weighted by molar-refractivity contribution is -0.117. The zero-order chi connectivity index (χ0) is 23.9. The van der Waals surface area contributed by atoms with E-state index in [1.54, 1.807) is 36.4 Å². The highest BCUT2D eigenvalue weighted by atomic mass is 32.1. The summed E-state index contributed by atoms with van der Waals surface area (Å²) in [7, 11) is 0. The molecular weight excluding hydrogens is 454 g/mol. The highest BCUT2D eigenvalue weighted by Crippen LogP contribution is 2.17. The summed E-state index contributed by atoms with van der Waals surface area (Å²) < 4.78 is 12.2. The van der Waals surface area contributed by atoms with Crippen molar-refractivity contribution in [1.82, 2.24) is 19.9 Å². The zero-order valence-corrected chi connectivity index (χ0v) is 19.2. The first-order valence-corrected chi connectivity index (χ1v) is 11.4. The number of hydrogen-bond donors (Lipinski definition) is 1. The third-order valence-corrected chi connectivity index (χ3v) is 5.72. The van der Waals surface area contributed by atoms with Crippen LogP contribution in [0.25, 0.3) is 11.0 Å². The van der Waals surface area contributed by atoms with Crippen molar-refractivity contribution in [2.45, 2.75) is 32.9 Å². The number of amides is 1. The van der Waals surface area contributed by atoms with Crippen molar-refractivity contribution in [2.24, 2.45) is 0 Å². The molecule has 0 bridgehead atoms. The Kier molecular flexibility index (Phi) is 7.15. The molecule has 0 fully saturated rings. The van der Waals surface area contributed by atoms with Crippen LogP contribution >= 0.6 is 11.3 Å². The Labute approximate surface area is 198 Å². The van der Waals surface area contributed by atoms with Crippen LogP contribution in [0.2, 0.25) is 0 Å². The van der Waals surface area contributed by atoms with Gasteiger partial charge in [-0.15, -0.1) is 0 Å². The number of hydrogen-bond acceptors (Lipinski definition) is 8.